The molecule has 0 aliphatic carbocycles. The molecule has 0 saturated carbocycles. The molecule has 0 rings (SSSR count). The Balaban J connectivity index is 0. The van der Waals surface area contributed by atoms with E-state index in [1.165, 1.54) is 5.71 Å². The van der Waals surface area contributed by atoms with Crippen LogP contribution in [-0.4, -0.2) is 21.8 Å². The van der Waals surface area contributed by atoms with Crippen LogP contribution in [0.3, 0.4) is 0 Å². The zero-order valence-electron chi connectivity index (χ0n) is 17.0. The summed E-state index contributed by atoms with van der Waals surface area (Å²) in [6.45, 7) is 20.7. The molecule has 0 bridgehead atoms. The Morgan fingerprint density at radius 2 is 1.26 bits per heavy atom. The van der Waals surface area contributed by atoms with Gasteiger partial charge >= 0.3 is 0 Å². The molecular formula is C18H39ClN4. The highest BCUT2D eigenvalue weighted by molar-refractivity contribution is 6.23. The quantitative estimate of drug-likeness (QED) is 0.191. The van der Waals surface area contributed by atoms with E-state index in [4.69, 9.17) is 11.6 Å². The van der Waals surface area contributed by atoms with Crippen LogP contribution in [0.5, 0.6) is 0 Å². The molecule has 0 aliphatic heterocycles. The second kappa shape index (κ2) is 11.0. The molecule has 0 amide bonds. The third-order valence-electron chi connectivity index (χ3n) is 2.98. The van der Waals surface area contributed by atoms with Crippen molar-refractivity contribution in [2.75, 3.05) is 0 Å². The van der Waals surface area contributed by atoms with Crippen LogP contribution < -0.4 is 5.43 Å². The number of nitrogens with one attached hydrogen (secondary N) is 1. The minimum absolute atomic E-state index is 0.0928. The summed E-state index contributed by atoms with van der Waals surface area (Å²) < 4.78 is 0. The van der Waals surface area contributed by atoms with E-state index >= 15 is 0 Å². The van der Waals surface area contributed by atoms with Gasteiger partial charge in [0.05, 0.1) is 5.54 Å². The molecule has 23 heavy (non-hydrogen) atoms. The third-order valence-corrected chi connectivity index (χ3v) is 3.59. The molecule has 0 aromatic heterocycles. The zero-order chi connectivity index (χ0) is 18.7. The minimum Gasteiger partial charge on any atom is -0.305 e. The number of rotatable bonds is 6. The summed E-state index contributed by atoms with van der Waals surface area (Å²) in [5.74, 6) is 0. The SMILES string of the molecule is CCC(CC)=NNC(C)(C)C.CCC(Cl)(CC)/N=N/C(C)(C)C. The Bertz CT molecular complexity index is 352. The first kappa shape index (κ1) is 24.6. The summed E-state index contributed by atoms with van der Waals surface area (Å²) in [5, 5.41) is 12.6. The van der Waals surface area contributed by atoms with Crippen LogP contribution in [0, 0.1) is 0 Å². The topological polar surface area (TPSA) is 49.1 Å². The molecule has 5 heteroatoms. The van der Waals surface area contributed by atoms with Crippen molar-refractivity contribution in [2.45, 2.75) is 111 Å². The van der Waals surface area contributed by atoms with E-state index in [1.807, 2.05) is 34.6 Å². The minimum atomic E-state index is -0.479. The van der Waals surface area contributed by atoms with Crippen molar-refractivity contribution in [1.82, 2.24) is 5.43 Å². The standard InChI is InChI=1S/C9H19ClN2.C9H20N2/c1-6-9(10,7-2)12-11-8(3,4)5;1-6-8(7-2)10-11-9(3,4)5/h6-7H2,1-5H3;11H,6-7H2,1-5H3/b12-11+;. The van der Waals surface area contributed by atoms with Crippen LogP contribution >= 0.6 is 11.6 Å². The van der Waals surface area contributed by atoms with Gasteiger partial charge in [0.25, 0.3) is 0 Å². The fourth-order valence-corrected chi connectivity index (χ4v) is 1.32. The van der Waals surface area contributed by atoms with Crippen LogP contribution in [0.25, 0.3) is 0 Å². The first-order valence-electron chi connectivity index (χ1n) is 8.78. The van der Waals surface area contributed by atoms with Gasteiger partial charge in [-0.3, -0.25) is 0 Å². The average molecular weight is 347 g/mol. The van der Waals surface area contributed by atoms with Crippen molar-refractivity contribution in [1.29, 1.82) is 0 Å². The predicted octanol–water partition coefficient (Wildman–Crippen LogP) is 6.54. The van der Waals surface area contributed by atoms with Crippen molar-refractivity contribution in [2.24, 2.45) is 15.3 Å². The fraction of sp³-hybridized carbons (Fsp3) is 0.944. The Morgan fingerprint density at radius 3 is 1.52 bits per heavy atom. The molecular weight excluding hydrogens is 308 g/mol. The van der Waals surface area contributed by atoms with Gasteiger partial charge in [0.15, 0.2) is 5.00 Å². The molecule has 1 N–H and O–H groups in total. The third kappa shape index (κ3) is 16.0. The first-order valence-corrected chi connectivity index (χ1v) is 9.15. The van der Waals surface area contributed by atoms with E-state index in [2.05, 4.69) is 55.4 Å². The molecule has 138 valence electrons. The average Bonchev–Trinajstić information content (AvgIpc) is 2.45. The smallest absolute Gasteiger partial charge is 0.154 e. The highest BCUT2D eigenvalue weighted by atomic mass is 35.5. The summed E-state index contributed by atoms with van der Waals surface area (Å²) in [4.78, 5) is -0.479. The molecule has 0 saturated heterocycles. The summed E-state index contributed by atoms with van der Waals surface area (Å²) in [6.07, 6.45) is 3.73. The van der Waals surface area contributed by atoms with Crippen LogP contribution in [0.2, 0.25) is 0 Å². The van der Waals surface area contributed by atoms with Gasteiger partial charge < -0.3 is 5.43 Å². The highest BCUT2D eigenvalue weighted by Crippen LogP contribution is 2.27. The fourth-order valence-electron chi connectivity index (χ4n) is 1.29. The lowest BCUT2D eigenvalue weighted by atomic mass is 10.1. The van der Waals surface area contributed by atoms with Gasteiger partial charge in [-0.2, -0.15) is 15.3 Å². The summed E-state index contributed by atoms with van der Waals surface area (Å²) in [6, 6.07) is 0. The molecule has 0 spiro atoms. The normalized spacial score (nSPS) is 12.7. The van der Waals surface area contributed by atoms with E-state index in [-0.39, 0.29) is 11.1 Å². The molecule has 0 heterocycles. The van der Waals surface area contributed by atoms with Crippen molar-refractivity contribution in [3.63, 3.8) is 0 Å². The van der Waals surface area contributed by atoms with Crippen LogP contribution in [0.1, 0.15) is 94.9 Å². The van der Waals surface area contributed by atoms with Gasteiger partial charge in [-0.15, -0.1) is 0 Å². The second-order valence-corrected chi connectivity index (χ2v) is 8.45. The van der Waals surface area contributed by atoms with E-state index < -0.39 is 5.00 Å². The maximum absolute atomic E-state index is 6.15. The summed E-state index contributed by atoms with van der Waals surface area (Å²) in [7, 11) is 0. The van der Waals surface area contributed by atoms with Crippen LogP contribution in [-0.2, 0) is 0 Å². The number of hydrazone groups is 1. The molecule has 0 atom stereocenters. The molecule has 0 aromatic carbocycles. The van der Waals surface area contributed by atoms with Gasteiger partial charge in [0.2, 0.25) is 0 Å². The maximum Gasteiger partial charge on any atom is 0.154 e. The van der Waals surface area contributed by atoms with Crippen LogP contribution in [0.4, 0.5) is 0 Å². The second-order valence-electron chi connectivity index (χ2n) is 7.74. The molecule has 0 aromatic rings. The van der Waals surface area contributed by atoms with Crippen LogP contribution in [0.15, 0.2) is 15.3 Å². The molecule has 0 unspecified atom stereocenters. The number of nitrogens with zero attached hydrogens (tertiary/aromatic N) is 3. The van der Waals surface area contributed by atoms with E-state index in [0.717, 1.165) is 25.7 Å². The van der Waals surface area contributed by atoms with Gasteiger partial charge in [0, 0.05) is 11.3 Å². The van der Waals surface area contributed by atoms with Gasteiger partial charge in [-0.25, -0.2) is 0 Å². The Hall–Kier alpha value is -0.640. The summed E-state index contributed by atoms with van der Waals surface area (Å²) in [5.41, 5.74) is 4.32. The molecule has 0 fully saturated rings. The molecule has 4 nitrogen and oxygen atoms in total. The van der Waals surface area contributed by atoms with Crippen molar-refractivity contribution in [3.05, 3.63) is 0 Å². The van der Waals surface area contributed by atoms with Gasteiger partial charge in [-0.05, 0) is 67.2 Å². The number of halogens is 1. The Labute approximate surface area is 149 Å². The lowest BCUT2D eigenvalue weighted by Gasteiger charge is -2.19. The van der Waals surface area contributed by atoms with Crippen molar-refractivity contribution >= 4 is 17.3 Å². The number of hydrogen-bond donors (Lipinski definition) is 1. The monoisotopic (exact) mass is 346 g/mol. The largest absolute Gasteiger partial charge is 0.305 e. The zero-order valence-corrected chi connectivity index (χ0v) is 17.8. The van der Waals surface area contributed by atoms with Crippen molar-refractivity contribution < 1.29 is 0 Å². The van der Waals surface area contributed by atoms with E-state index in [1.54, 1.807) is 0 Å². The lowest BCUT2D eigenvalue weighted by Crippen LogP contribution is -2.32. The highest BCUT2D eigenvalue weighted by Gasteiger charge is 2.22. The van der Waals surface area contributed by atoms with E-state index in [9.17, 15) is 0 Å². The van der Waals surface area contributed by atoms with Gasteiger partial charge in [-0.1, -0.05) is 39.3 Å². The molecule has 0 aliphatic rings. The first-order chi connectivity index (χ1) is 10.3. The maximum atomic E-state index is 6.15. The lowest BCUT2D eigenvalue weighted by molar-refractivity contribution is 0.440. The van der Waals surface area contributed by atoms with Gasteiger partial charge in [0.1, 0.15) is 0 Å². The number of alkyl halides is 1. The molecule has 0 radical (unpaired) electrons. The predicted molar refractivity (Wildman–Crippen MR) is 105 cm³/mol. The Morgan fingerprint density at radius 1 is 0.826 bits per heavy atom. The Kier molecular flexibility index (Phi) is 11.8. The number of azo groups is 1. The summed E-state index contributed by atoms with van der Waals surface area (Å²) >= 11 is 6.15. The number of hydrogen-bond acceptors (Lipinski definition) is 4. The van der Waals surface area contributed by atoms with E-state index in [0.29, 0.717) is 0 Å². The van der Waals surface area contributed by atoms with Crippen molar-refractivity contribution in [3.8, 4) is 0 Å².